The first kappa shape index (κ1) is 16.5. The number of benzene rings is 1. The largest absolute Gasteiger partial charge is 0.456 e. The quantitative estimate of drug-likeness (QED) is 0.786. The lowest BCUT2D eigenvalue weighted by Gasteiger charge is -2.14. The van der Waals surface area contributed by atoms with Gasteiger partial charge in [0.2, 0.25) is 0 Å². The van der Waals surface area contributed by atoms with E-state index in [1.807, 2.05) is 37.3 Å². The van der Waals surface area contributed by atoms with E-state index in [1.54, 1.807) is 0 Å². The standard InChI is InChI=1S/C18H25NO3/c1-14(16-9-3-2-4-10-16)19-17(20)13-22-18(21)12-11-15-7-5-6-8-15/h2-4,9-10,14-15H,5-8,11-13H2,1H3,(H,19,20)/t14-/m1/s1. The zero-order chi connectivity index (χ0) is 15.8. The molecule has 1 atom stereocenters. The van der Waals surface area contributed by atoms with Crippen LogP contribution >= 0.6 is 0 Å². The van der Waals surface area contributed by atoms with Crippen molar-refractivity contribution >= 4 is 11.9 Å². The van der Waals surface area contributed by atoms with Crippen LogP contribution in [0.2, 0.25) is 0 Å². The molecular formula is C18H25NO3. The van der Waals surface area contributed by atoms with Crippen molar-refractivity contribution in [2.24, 2.45) is 5.92 Å². The van der Waals surface area contributed by atoms with Crippen LogP contribution in [-0.4, -0.2) is 18.5 Å². The molecule has 0 radical (unpaired) electrons. The first-order valence-corrected chi connectivity index (χ1v) is 8.15. The number of hydrogen-bond donors (Lipinski definition) is 1. The van der Waals surface area contributed by atoms with Gasteiger partial charge in [0.15, 0.2) is 6.61 Å². The Labute approximate surface area is 132 Å². The molecule has 1 amide bonds. The van der Waals surface area contributed by atoms with E-state index >= 15 is 0 Å². The molecule has 1 N–H and O–H groups in total. The van der Waals surface area contributed by atoms with Crippen molar-refractivity contribution in [1.82, 2.24) is 5.32 Å². The summed E-state index contributed by atoms with van der Waals surface area (Å²) >= 11 is 0. The number of nitrogens with one attached hydrogen (secondary N) is 1. The highest BCUT2D eigenvalue weighted by atomic mass is 16.5. The lowest BCUT2D eigenvalue weighted by Crippen LogP contribution is -2.31. The maximum absolute atomic E-state index is 11.8. The fourth-order valence-electron chi connectivity index (χ4n) is 2.95. The van der Waals surface area contributed by atoms with E-state index in [0.29, 0.717) is 12.3 Å². The topological polar surface area (TPSA) is 55.4 Å². The molecule has 1 saturated carbocycles. The summed E-state index contributed by atoms with van der Waals surface area (Å²) in [5, 5.41) is 2.83. The number of amides is 1. The van der Waals surface area contributed by atoms with Gasteiger partial charge < -0.3 is 10.1 Å². The summed E-state index contributed by atoms with van der Waals surface area (Å²) in [6, 6.07) is 9.62. The SMILES string of the molecule is C[C@@H](NC(=O)COC(=O)CCC1CCCC1)c1ccccc1. The monoisotopic (exact) mass is 303 g/mol. The number of ether oxygens (including phenoxy) is 1. The number of carbonyl (C=O) groups is 2. The molecule has 1 fully saturated rings. The maximum atomic E-state index is 11.8. The second-order valence-electron chi connectivity index (χ2n) is 6.05. The number of rotatable bonds is 7. The summed E-state index contributed by atoms with van der Waals surface area (Å²) in [6.45, 7) is 1.72. The zero-order valence-electron chi connectivity index (χ0n) is 13.2. The Morgan fingerprint density at radius 2 is 1.91 bits per heavy atom. The number of carbonyl (C=O) groups excluding carboxylic acids is 2. The minimum atomic E-state index is -0.269. The fraction of sp³-hybridized carbons (Fsp3) is 0.556. The highest BCUT2D eigenvalue weighted by Gasteiger charge is 2.17. The van der Waals surface area contributed by atoms with Crippen molar-refractivity contribution in [2.75, 3.05) is 6.61 Å². The Morgan fingerprint density at radius 3 is 2.59 bits per heavy atom. The predicted molar refractivity (Wildman–Crippen MR) is 85.2 cm³/mol. The van der Waals surface area contributed by atoms with E-state index in [4.69, 9.17) is 4.74 Å². The predicted octanol–water partition coefficient (Wildman–Crippen LogP) is 3.38. The van der Waals surface area contributed by atoms with Gasteiger partial charge in [0.1, 0.15) is 0 Å². The molecule has 0 unspecified atom stereocenters. The molecular weight excluding hydrogens is 278 g/mol. The van der Waals surface area contributed by atoms with Crippen molar-refractivity contribution in [3.63, 3.8) is 0 Å². The summed E-state index contributed by atoms with van der Waals surface area (Å²) in [5.41, 5.74) is 1.03. The van der Waals surface area contributed by atoms with Crippen LogP contribution in [0.1, 0.15) is 57.1 Å². The van der Waals surface area contributed by atoms with Gasteiger partial charge >= 0.3 is 5.97 Å². The van der Waals surface area contributed by atoms with Crippen LogP contribution in [0.25, 0.3) is 0 Å². The van der Waals surface area contributed by atoms with Crippen LogP contribution in [0.4, 0.5) is 0 Å². The molecule has 0 heterocycles. The highest BCUT2D eigenvalue weighted by molar-refractivity contribution is 5.80. The normalized spacial score (nSPS) is 16.2. The van der Waals surface area contributed by atoms with Gasteiger partial charge in [-0.2, -0.15) is 0 Å². The van der Waals surface area contributed by atoms with Crippen molar-refractivity contribution in [3.05, 3.63) is 35.9 Å². The molecule has 0 bridgehead atoms. The molecule has 2 rings (SSSR count). The summed E-state index contributed by atoms with van der Waals surface area (Å²) in [7, 11) is 0. The third-order valence-corrected chi connectivity index (χ3v) is 4.27. The van der Waals surface area contributed by atoms with Crippen molar-refractivity contribution in [2.45, 2.75) is 51.5 Å². The minimum Gasteiger partial charge on any atom is -0.456 e. The van der Waals surface area contributed by atoms with Gasteiger partial charge in [-0.3, -0.25) is 9.59 Å². The van der Waals surface area contributed by atoms with Gasteiger partial charge in [-0.05, 0) is 24.8 Å². The molecule has 1 aliphatic carbocycles. The fourth-order valence-corrected chi connectivity index (χ4v) is 2.95. The van der Waals surface area contributed by atoms with E-state index in [1.165, 1.54) is 25.7 Å². The lowest BCUT2D eigenvalue weighted by atomic mass is 10.0. The average Bonchev–Trinajstić information content (AvgIpc) is 3.05. The minimum absolute atomic E-state index is 0.0918. The Morgan fingerprint density at radius 1 is 1.23 bits per heavy atom. The van der Waals surface area contributed by atoms with Crippen LogP contribution in [0.15, 0.2) is 30.3 Å². The van der Waals surface area contributed by atoms with Gasteiger partial charge in [-0.15, -0.1) is 0 Å². The number of esters is 1. The molecule has 0 aromatic heterocycles. The second-order valence-corrected chi connectivity index (χ2v) is 6.05. The van der Waals surface area contributed by atoms with Crippen molar-refractivity contribution in [3.8, 4) is 0 Å². The maximum Gasteiger partial charge on any atom is 0.306 e. The van der Waals surface area contributed by atoms with E-state index in [0.717, 1.165) is 12.0 Å². The Hall–Kier alpha value is -1.84. The molecule has 0 saturated heterocycles. The van der Waals surface area contributed by atoms with Gasteiger partial charge in [0.05, 0.1) is 6.04 Å². The molecule has 0 aliphatic heterocycles. The molecule has 0 spiro atoms. The first-order valence-electron chi connectivity index (χ1n) is 8.15. The Balaban J connectivity index is 1.63. The van der Waals surface area contributed by atoms with Crippen LogP contribution in [-0.2, 0) is 14.3 Å². The Kier molecular flexibility index (Phi) is 6.44. The Bertz CT molecular complexity index is 480. The number of hydrogen-bond acceptors (Lipinski definition) is 3. The molecule has 1 aromatic carbocycles. The van der Waals surface area contributed by atoms with Gasteiger partial charge in [-0.1, -0.05) is 56.0 Å². The lowest BCUT2D eigenvalue weighted by molar-refractivity contribution is -0.149. The van der Waals surface area contributed by atoms with Crippen LogP contribution in [0.3, 0.4) is 0 Å². The van der Waals surface area contributed by atoms with Crippen molar-refractivity contribution in [1.29, 1.82) is 0 Å². The average molecular weight is 303 g/mol. The third kappa shape index (κ3) is 5.51. The highest BCUT2D eigenvalue weighted by Crippen LogP contribution is 2.28. The smallest absolute Gasteiger partial charge is 0.306 e. The summed E-state index contributed by atoms with van der Waals surface area (Å²) < 4.78 is 5.05. The molecule has 120 valence electrons. The van der Waals surface area contributed by atoms with Crippen molar-refractivity contribution < 1.29 is 14.3 Å². The summed E-state index contributed by atoms with van der Waals surface area (Å²) in [5.74, 6) is 0.138. The molecule has 4 heteroatoms. The molecule has 22 heavy (non-hydrogen) atoms. The van der Waals surface area contributed by atoms with Gasteiger partial charge in [0.25, 0.3) is 5.91 Å². The van der Waals surface area contributed by atoms with Crippen LogP contribution in [0, 0.1) is 5.92 Å². The van der Waals surface area contributed by atoms with Gasteiger partial charge in [0, 0.05) is 6.42 Å². The molecule has 1 aliphatic rings. The van der Waals surface area contributed by atoms with E-state index in [9.17, 15) is 9.59 Å². The molecule has 1 aromatic rings. The third-order valence-electron chi connectivity index (χ3n) is 4.27. The van der Waals surface area contributed by atoms with E-state index in [-0.39, 0.29) is 24.5 Å². The van der Waals surface area contributed by atoms with E-state index in [2.05, 4.69) is 5.32 Å². The van der Waals surface area contributed by atoms with Gasteiger partial charge in [-0.25, -0.2) is 0 Å². The van der Waals surface area contributed by atoms with E-state index < -0.39 is 0 Å². The van der Waals surface area contributed by atoms with Crippen LogP contribution in [0.5, 0.6) is 0 Å². The second kappa shape index (κ2) is 8.57. The summed E-state index contributed by atoms with van der Waals surface area (Å²) in [6.07, 6.45) is 6.32. The molecule has 4 nitrogen and oxygen atoms in total. The first-order chi connectivity index (χ1) is 10.6. The summed E-state index contributed by atoms with van der Waals surface area (Å²) in [4.78, 5) is 23.5. The zero-order valence-corrected chi connectivity index (χ0v) is 13.2. The van der Waals surface area contributed by atoms with Crippen LogP contribution < -0.4 is 5.32 Å².